The summed E-state index contributed by atoms with van der Waals surface area (Å²) in [7, 11) is 0. The Morgan fingerprint density at radius 3 is 1.45 bits per heavy atom. The van der Waals surface area contributed by atoms with Crippen molar-refractivity contribution in [3.63, 3.8) is 0 Å². The average molecular weight is 730 g/mol. The SMILES string of the molecule is CC[C@H](C)[C@H](NC(=O)[C@@H](N)CCCCN)C(=O)N[C@@H](CC(=O)O)C(=O)N[C@@H](CCCCN)C(=O)N[C@H](C(=O)N[C@@H](CCCCN)C(=O)O)C(C)C. The van der Waals surface area contributed by atoms with Gasteiger partial charge in [0.2, 0.25) is 29.5 Å². The van der Waals surface area contributed by atoms with Crippen molar-refractivity contribution < 1.29 is 43.8 Å². The summed E-state index contributed by atoms with van der Waals surface area (Å²) in [4.78, 5) is 90.1. The molecule has 0 aromatic heterocycles. The van der Waals surface area contributed by atoms with Gasteiger partial charge in [0.05, 0.1) is 12.5 Å². The lowest BCUT2D eigenvalue weighted by molar-refractivity contribution is -0.143. The van der Waals surface area contributed by atoms with Crippen molar-refractivity contribution in [2.75, 3.05) is 19.6 Å². The van der Waals surface area contributed by atoms with Crippen LogP contribution >= 0.6 is 0 Å². The second kappa shape index (κ2) is 26.0. The highest BCUT2D eigenvalue weighted by molar-refractivity contribution is 5.97. The van der Waals surface area contributed by atoms with Gasteiger partial charge in [-0.2, -0.15) is 0 Å². The smallest absolute Gasteiger partial charge is 0.326 e. The van der Waals surface area contributed by atoms with E-state index in [1.165, 1.54) is 0 Å². The molecule has 0 radical (unpaired) electrons. The van der Waals surface area contributed by atoms with Crippen LogP contribution in [-0.2, 0) is 33.6 Å². The molecule has 5 amide bonds. The molecule has 0 aliphatic rings. The van der Waals surface area contributed by atoms with E-state index < -0.39 is 96.0 Å². The summed E-state index contributed by atoms with van der Waals surface area (Å²) < 4.78 is 0. The van der Waals surface area contributed by atoms with Gasteiger partial charge < -0.3 is 59.7 Å². The molecular weight excluding hydrogens is 666 g/mol. The van der Waals surface area contributed by atoms with Crippen LogP contribution in [0.1, 0.15) is 98.3 Å². The third-order valence-corrected chi connectivity index (χ3v) is 8.50. The van der Waals surface area contributed by atoms with Gasteiger partial charge in [0.15, 0.2) is 0 Å². The van der Waals surface area contributed by atoms with Crippen LogP contribution < -0.4 is 49.5 Å². The Balaban J connectivity index is 6.09. The Morgan fingerprint density at radius 2 is 0.980 bits per heavy atom. The van der Waals surface area contributed by atoms with Crippen LogP contribution in [0.4, 0.5) is 0 Å². The van der Waals surface area contributed by atoms with Crippen LogP contribution in [0.3, 0.4) is 0 Å². The standard InChI is InChI=1S/C33H63N9O9/c1-5-20(4)27(42-28(45)21(37)12-6-9-15-34)32(49)40-24(18-25(43)44)30(47)38-22(13-7-10-16-35)29(46)41-26(19(2)3)31(48)39-23(33(50)51)14-8-11-17-36/h19-24,26-27H,5-18,34-37H2,1-4H3,(H,38,47)(H,39,48)(H,40,49)(H,41,46)(H,42,45)(H,43,44)(H,50,51)/t20-,21-,22-,23-,24-,26-,27-/m0/s1. The third-order valence-electron chi connectivity index (χ3n) is 8.50. The van der Waals surface area contributed by atoms with E-state index in [-0.39, 0.29) is 19.4 Å². The molecule has 0 fully saturated rings. The Morgan fingerprint density at radius 1 is 0.549 bits per heavy atom. The summed E-state index contributed by atoms with van der Waals surface area (Å²) in [5, 5.41) is 31.8. The van der Waals surface area contributed by atoms with Gasteiger partial charge in [0.25, 0.3) is 0 Å². The number of carbonyl (C=O) groups excluding carboxylic acids is 5. The van der Waals surface area contributed by atoms with Gasteiger partial charge in [-0.25, -0.2) is 4.79 Å². The summed E-state index contributed by atoms with van der Waals surface area (Å²) in [6.07, 6.45) is 3.29. The molecule has 0 saturated heterocycles. The molecule has 0 rings (SSSR count). The van der Waals surface area contributed by atoms with Crippen molar-refractivity contribution in [1.29, 1.82) is 0 Å². The Kier molecular flexibility index (Phi) is 24.0. The lowest BCUT2D eigenvalue weighted by atomic mass is 9.96. The number of carboxylic acids is 2. The monoisotopic (exact) mass is 729 g/mol. The minimum Gasteiger partial charge on any atom is -0.481 e. The first kappa shape index (κ1) is 47.1. The fourth-order valence-corrected chi connectivity index (χ4v) is 5.08. The number of nitrogens with two attached hydrogens (primary N) is 4. The molecule has 15 N–H and O–H groups in total. The minimum atomic E-state index is -1.64. The highest BCUT2D eigenvalue weighted by Gasteiger charge is 2.35. The molecule has 0 saturated carbocycles. The molecule has 51 heavy (non-hydrogen) atoms. The molecule has 18 heteroatoms. The van der Waals surface area contributed by atoms with Gasteiger partial charge >= 0.3 is 11.9 Å². The summed E-state index contributed by atoms with van der Waals surface area (Å²) in [6.45, 7) is 7.87. The summed E-state index contributed by atoms with van der Waals surface area (Å²) in [5.41, 5.74) is 22.6. The molecule has 0 aromatic carbocycles. The predicted octanol–water partition coefficient (Wildman–Crippen LogP) is -1.61. The summed E-state index contributed by atoms with van der Waals surface area (Å²) in [5.74, 6) is -7.47. The first-order chi connectivity index (χ1) is 24.0. The maximum atomic E-state index is 13.6. The van der Waals surface area contributed by atoms with E-state index in [4.69, 9.17) is 22.9 Å². The number of nitrogens with one attached hydrogen (secondary N) is 5. The zero-order valence-corrected chi connectivity index (χ0v) is 30.6. The number of carboxylic acid groups (broad SMARTS) is 2. The van der Waals surface area contributed by atoms with Crippen molar-refractivity contribution >= 4 is 41.5 Å². The number of hydrogen-bond donors (Lipinski definition) is 11. The van der Waals surface area contributed by atoms with Gasteiger partial charge in [-0.1, -0.05) is 40.5 Å². The topological polar surface area (TPSA) is 324 Å². The van der Waals surface area contributed by atoms with E-state index in [1.54, 1.807) is 27.7 Å². The quantitative estimate of drug-likeness (QED) is 0.0404. The Labute approximate surface area is 300 Å². The van der Waals surface area contributed by atoms with Crippen molar-refractivity contribution in [1.82, 2.24) is 26.6 Å². The van der Waals surface area contributed by atoms with Crippen molar-refractivity contribution in [2.24, 2.45) is 34.8 Å². The first-order valence-corrected chi connectivity index (χ1v) is 17.9. The molecule has 0 aliphatic heterocycles. The normalized spacial score (nSPS) is 15.3. The summed E-state index contributed by atoms with van der Waals surface area (Å²) >= 11 is 0. The number of carbonyl (C=O) groups is 7. The van der Waals surface area contributed by atoms with E-state index in [2.05, 4.69) is 26.6 Å². The van der Waals surface area contributed by atoms with Gasteiger partial charge in [-0.15, -0.1) is 0 Å². The van der Waals surface area contributed by atoms with E-state index in [0.717, 1.165) is 0 Å². The molecule has 18 nitrogen and oxygen atoms in total. The molecule has 0 unspecified atom stereocenters. The van der Waals surface area contributed by atoms with Crippen molar-refractivity contribution in [3.8, 4) is 0 Å². The predicted molar refractivity (Wildman–Crippen MR) is 191 cm³/mol. The number of unbranched alkanes of at least 4 members (excludes halogenated alkanes) is 3. The zero-order valence-electron chi connectivity index (χ0n) is 30.6. The first-order valence-electron chi connectivity index (χ1n) is 17.9. The number of rotatable bonds is 28. The van der Waals surface area contributed by atoms with Crippen LogP contribution in [0.2, 0.25) is 0 Å². The maximum Gasteiger partial charge on any atom is 0.326 e. The lowest BCUT2D eigenvalue weighted by Crippen LogP contribution is -2.60. The molecule has 0 aliphatic carbocycles. The maximum absolute atomic E-state index is 13.6. The second-order valence-corrected chi connectivity index (χ2v) is 13.2. The largest absolute Gasteiger partial charge is 0.481 e. The van der Waals surface area contributed by atoms with Crippen LogP contribution in [0, 0.1) is 11.8 Å². The van der Waals surface area contributed by atoms with Gasteiger partial charge in [0, 0.05) is 0 Å². The molecular formula is C33H63N9O9. The molecule has 0 aromatic rings. The fourth-order valence-electron chi connectivity index (χ4n) is 5.08. The fraction of sp³-hybridized carbons (Fsp3) is 0.788. The number of aliphatic carboxylic acids is 2. The number of hydrogen-bond acceptors (Lipinski definition) is 11. The van der Waals surface area contributed by atoms with Crippen LogP contribution in [0.25, 0.3) is 0 Å². The molecule has 7 atom stereocenters. The second-order valence-electron chi connectivity index (χ2n) is 13.2. The van der Waals surface area contributed by atoms with Crippen LogP contribution in [0.5, 0.6) is 0 Å². The molecule has 0 spiro atoms. The van der Waals surface area contributed by atoms with E-state index in [9.17, 15) is 43.8 Å². The average Bonchev–Trinajstić information content (AvgIpc) is 3.07. The van der Waals surface area contributed by atoms with Gasteiger partial charge in [-0.05, 0) is 82.8 Å². The van der Waals surface area contributed by atoms with Crippen molar-refractivity contribution in [3.05, 3.63) is 0 Å². The Bertz CT molecular complexity index is 1130. The van der Waals surface area contributed by atoms with Gasteiger partial charge in [-0.3, -0.25) is 28.8 Å². The lowest BCUT2D eigenvalue weighted by Gasteiger charge is -2.29. The molecule has 294 valence electrons. The third kappa shape index (κ3) is 18.8. The number of amides is 5. The van der Waals surface area contributed by atoms with Crippen molar-refractivity contribution in [2.45, 2.75) is 135 Å². The van der Waals surface area contributed by atoms with Gasteiger partial charge in [0.1, 0.15) is 30.2 Å². The van der Waals surface area contributed by atoms with E-state index in [0.29, 0.717) is 64.5 Å². The van der Waals surface area contributed by atoms with Crippen LogP contribution in [-0.4, -0.2) is 108 Å². The van der Waals surface area contributed by atoms with E-state index >= 15 is 0 Å². The minimum absolute atomic E-state index is 0.0549. The molecule has 0 heterocycles. The Hall–Kier alpha value is -3.87. The van der Waals surface area contributed by atoms with E-state index in [1.807, 2.05) is 0 Å². The molecule has 0 bridgehead atoms. The summed E-state index contributed by atoms with van der Waals surface area (Å²) in [6, 6.07) is -7.37. The zero-order chi connectivity index (χ0) is 39.1. The highest BCUT2D eigenvalue weighted by atomic mass is 16.4. The highest BCUT2D eigenvalue weighted by Crippen LogP contribution is 2.12. The van der Waals surface area contributed by atoms with Crippen LogP contribution in [0.15, 0.2) is 0 Å².